The molecule has 30 heavy (non-hydrogen) atoms. The molecular formula is C18H18F6O6. The van der Waals surface area contributed by atoms with Crippen molar-refractivity contribution in [2.45, 2.75) is 57.9 Å². The molecule has 0 aromatic carbocycles. The molecule has 6 nitrogen and oxygen atoms in total. The first-order chi connectivity index (χ1) is 13.5. The van der Waals surface area contributed by atoms with Crippen LogP contribution in [0.5, 0.6) is 0 Å². The van der Waals surface area contributed by atoms with Crippen LogP contribution in [-0.4, -0.2) is 48.6 Å². The molecule has 0 N–H and O–H groups in total. The van der Waals surface area contributed by atoms with E-state index in [0.29, 0.717) is 0 Å². The van der Waals surface area contributed by atoms with Gasteiger partial charge in [-0.1, -0.05) is 20.4 Å². The minimum atomic E-state index is -5.92. The molecule has 3 fully saturated rings. The number of hydrogen-bond acceptors (Lipinski definition) is 6. The summed E-state index contributed by atoms with van der Waals surface area (Å²) in [5, 5.41) is 0. The second-order valence-corrected chi connectivity index (χ2v) is 8.37. The van der Waals surface area contributed by atoms with Crippen LogP contribution in [0.2, 0.25) is 0 Å². The fourth-order valence-corrected chi connectivity index (χ4v) is 5.07. The van der Waals surface area contributed by atoms with Gasteiger partial charge in [-0.05, 0) is 18.8 Å². The summed E-state index contributed by atoms with van der Waals surface area (Å²) < 4.78 is 91.6. The highest BCUT2D eigenvalue weighted by atomic mass is 19.4. The summed E-state index contributed by atoms with van der Waals surface area (Å²) in [5.74, 6) is -5.86. The predicted octanol–water partition coefficient (Wildman–Crippen LogP) is 3.10. The second kappa shape index (κ2) is 6.36. The fraction of sp³-hybridized carbons (Fsp3) is 0.722. The van der Waals surface area contributed by atoms with Crippen LogP contribution in [0.1, 0.15) is 27.2 Å². The summed E-state index contributed by atoms with van der Waals surface area (Å²) in [6.45, 7) is 7.46. The maximum absolute atomic E-state index is 12.9. The summed E-state index contributed by atoms with van der Waals surface area (Å²) in [6.07, 6.45) is -18.4. The Labute approximate surface area is 166 Å². The molecule has 12 heteroatoms. The molecule has 0 aromatic rings. The number of ether oxygens (including phenoxy) is 3. The Hall–Kier alpha value is -2.27. The van der Waals surface area contributed by atoms with Crippen molar-refractivity contribution < 1.29 is 54.9 Å². The molecule has 0 aromatic heterocycles. The van der Waals surface area contributed by atoms with Crippen LogP contribution in [0.4, 0.5) is 26.3 Å². The van der Waals surface area contributed by atoms with Crippen LogP contribution in [0.15, 0.2) is 12.2 Å². The quantitative estimate of drug-likeness (QED) is 0.218. The van der Waals surface area contributed by atoms with E-state index in [1.165, 1.54) is 20.8 Å². The maximum atomic E-state index is 12.9. The van der Waals surface area contributed by atoms with E-state index in [-0.39, 0.29) is 12.0 Å². The van der Waals surface area contributed by atoms with Gasteiger partial charge in [-0.25, -0.2) is 4.79 Å². The molecule has 3 rings (SSSR count). The van der Waals surface area contributed by atoms with E-state index in [2.05, 4.69) is 11.3 Å². The summed E-state index contributed by atoms with van der Waals surface area (Å²) in [6, 6.07) is 0. The van der Waals surface area contributed by atoms with Gasteiger partial charge >= 0.3 is 30.3 Å². The number of alkyl halides is 6. The Morgan fingerprint density at radius 1 is 1.13 bits per heavy atom. The molecule has 0 spiro atoms. The molecule has 5 unspecified atom stereocenters. The normalized spacial score (nSPS) is 34.1. The lowest BCUT2D eigenvalue weighted by molar-refractivity contribution is -0.316. The van der Waals surface area contributed by atoms with E-state index in [1.54, 1.807) is 0 Å². The lowest BCUT2D eigenvalue weighted by atomic mass is 9.57. The maximum Gasteiger partial charge on any atom is 0.434 e. The molecule has 1 aliphatic heterocycles. The lowest BCUT2D eigenvalue weighted by Crippen LogP contribution is -2.58. The van der Waals surface area contributed by atoms with Crippen molar-refractivity contribution in [2.24, 2.45) is 22.7 Å². The molecule has 0 radical (unpaired) electrons. The van der Waals surface area contributed by atoms with Crippen molar-refractivity contribution in [1.82, 2.24) is 0 Å². The van der Waals surface area contributed by atoms with Gasteiger partial charge < -0.3 is 14.2 Å². The molecule has 1 saturated heterocycles. The van der Waals surface area contributed by atoms with Crippen molar-refractivity contribution >= 4 is 17.9 Å². The van der Waals surface area contributed by atoms with Gasteiger partial charge in [0, 0.05) is 17.4 Å². The average Bonchev–Trinajstić information content (AvgIpc) is 3.11. The number of esters is 3. The molecule has 2 saturated carbocycles. The number of rotatable bonds is 4. The Balaban J connectivity index is 1.97. The Kier molecular flexibility index (Phi) is 4.76. The average molecular weight is 444 g/mol. The van der Waals surface area contributed by atoms with Gasteiger partial charge in [0.1, 0.15) is 12.2 Å². The van der Waals surface area contributed by atoms with Crippen molar-refractivity contribution in [3.8, 4) is 0 Å². The largest absolute Gasteiger partial charge is 0.457 e. The predicted molar refractivity (Wildman–Crippen MR) is 84.4 cm³/mol. The van der Waals surface area contributed by atoms with Crippen LogP contribution in [-0.2, 0) is 28.6 Å². The van der Waals surface area contributed by atoms with E-state index in [4.69, 9.17) is 9.47 Å². The summed E-state index contributed by atoms with van der Waals surface area (Å²) >= 11 is 0. The second-order valence-electron chi connectivity index (χ2n) is 8.37. The van der Waals surface area contributed by atoms with Crippen LogP contribution >= 0.6 is 0 Å². The van der Waals surface area contributed by atoms with Crippen molar-refractivity contribution in [2.75, 3.05) is 0 Å². The number of halogens is 6. The van der Waals surface area contributed by atoms with E-state index in [1.807, 2.05) is 0 Å². The number of hydrogen-bond donors (Lipinski definition) is 0. The zero-order valence-corrected chi connectivity index (χ0v) is 16.0. The Morgan fingerprint density at radius 2 is 1.67 bits per heavy atom. The van der Waals surface area contributed by atoms with Crippen LogP contribution < -0.4 is 0 Å². The van der Waals surface area contributed by atoms with Crippen molar-refractivity contribution in [1.29, 1.82) is 0 Å². The van der Waals surface area contributed by atoms with E-state index in [9.17, 15) is 40.7 Å². The zero-order valence-electron chi connectivity index (χ0n) is 16.0. The first kappa shape index (κ1) is 22.4. The molecule has 5 atom stereocenters. The van der Waals surface area contributed by atoms with Gasteiger partial charge in [0.25, 0.3) is 6.10 Å². The van der Waals surface area contributed by atoms with Crippen molar-refractivity contribution in [3.05, 3.63) is 12.2 Å². The monoisotopic (exact) mass is 444 g/mol. The molecule has 0 amide bonds. The third-order valence-electron chi connectivity index (χ3n) is 6.42. The van der Waals surface area contributed by atoms with Crippen LogP contribution in [0.3, 0.4) is 0 Å². The van der Waals surface area contributed by atoms with E-state index in [0.717, 1.165) is 0 Å². The Morgan fingerprint density at radius 3 is 2.13 bits per heavy atom. The smallest absolute Gasteiger partial charge is 0.434 e. The topological polar surface area (TPSA) is 78.9 Å². The first-order valence-corrected chi connectivity index (χ1v) is 8.89. The highest BCUT2D eigenvalue weighted by molar-refractivity contribution is 6.04. The van der Waals surface area contributed by atoms with Gasteiger partial charge in [0.05, 0.1) is 0 Å². The lowest BCUT2D eigenvalue weighted by Gasteiger charge is -2.44. The standard InChI is InChI=1S/C18H18F6O6/c1-6(2)11(25)28-9-7-5-8-10(9)29-13(26)16(8,15(7,3)4)14(27)30-12(17(19,20)21)18(22,23)24/h7-10,12H,1,5H2,2-4H3. The van der Waals surface area contributed by atoms with Gasteiger partial charge in [-0.2, -0.15) is 26.3 Å². The minimum Gasteiger partial charge on any atom is -0.457 e. The molecule has 2 aliphatic carbocycles. The molecule has 3 aliphatic rings. The molecular weight excluding hydrogens is 426 g/mol. The van der Waals surface area contributed by atoms with Gasteiger partial charge in [0.2, 0.25) is 0 Å². The summed E-state index contributed by atoms with van der Waals surface area (Å²) in [7, 11) is 0. The Bertz CT molecular complexity index is 801. The van der Waals surface area contributed by atoms with E-state index >= 15 is 0 Å². The molecule has 1 heterocycles. The number of carbonyl (C=O) groups is 3. The van der Waals surface area contributed by atoms with Crippen LogP contribution in [0, 0.1) is 22.7 Å². The summed E-state index contributed by atoms with van der Waals surface area (Å²) in [4.78, 5) is 37.3. The third-order valence-corrected chi connectivity index (χ3v) is 6.42. The van der Waals surface area contributed by atoms with Gasteiger partial charge in [-0.3, -0.25) is 9.59 Å². The minimum absolute atomic E-state index is 0.0232. The molecule has 168 valence electrons. The number of fused-ring (bicyclic) bond motifs is 1. The highest BCUT2D eigenvalue weighted by Crippen LogP contribution is 2.71. The van der Waals surface area contributed by atoms with Crippen molar-refractivity contribution in [3.63, 3.8) is 0 Å². The first-order valence-electron chi connectivity index (χ1n) is 8.89. The molecule has 2 bridgehead atoms. The van der Waals surface area contributed by atoms with Gasteiger partial charge in [0.15, 0.2) is 5.41 Å². The SMILES string of the molecule is C=C(C)C(=O)OC1C2OC(=O)C3(C(=O)OC(C(F)(F)F)C(F)(F)F)C2CC1C3(C)C. The zero-order chi connectivity index (χ0) is 23.0. The van der Waals surface area contributed by atoms with Crippen LogP contribution in [0.25, 0.3) is 0 Å². The summed E-state index contributed by atoms with van der Waals surface area (Å²) in [5.41, 5.74) is -3.83. The van der Waals surface area contributed by atoms with E-state index < -0.39 is 71.2 Å². The third kappa shape index (κ3) is 2.82. The fourth-order valence-electron chi connectivity index (χ4n) is 5.07. The van der Waals surface area contributed by atoms with Gasteiger partial charge in [-0.15, -0.1) is 0 Å². The highest BCUT2D eigenvalue weighted by Gasteiger charge is 2.83. The number of carbonyl (C=O) groups excluding carboxylic acids is 3.